The van der Waals surface area contributed by atoms with Crippen molar-refractivity contribution in [3.63, 3.8) is 0 Å². The van der Waals surface area contributed by atoms with Gasteiger partial charge in [0.15, 0.2) is 6.23 Å². The van der Waals surface area contributed by atoms with Crippen LogP contribution < -0.4 is 4.74 Å². The number of thioether (sulfide) groups is 1. The molecule has 2 unspecified atom stereocenters. The van der Waals surface area contributed by atoms with E-state index in [2.05, 4.69) is 12.1 Å². The Kier molecular flexibility index (Phi) is 5.27. The molecule has 0 bridgehead atoms. The van der Waals surface area contributed by atoms with E-state index in [1.807, 2.05) is 59.2 Å². The van der Waals surface area contributed by atoms with Gasteiger partial charge in [0.25, 0.3) is 0 Å². The number of ether oxygens (including phenoxy) is 2. The van der Waals surface area contributed by atoms with E-state index in [0.29, 0.717) is 13.2 Å². The number of fused-ring (bicyclic) bond motifs is 1. The minimum Gasteiger partial charge on any atom is -0.497 e. The average Bonchev–Trinajstić information content (AvgIpc) is 3.25. The molecular formula is C21H24N2O3S. The first kappa shape index (κ1) is 18.2. The molecular weight excluding hydrogens is 360 g/mol. The molecule has 2 aromatic rings. The molecule has 2 aliphatic rings. The van der Waals surface area contributed by atoms with Crippen molar-refractivity contribution in [2.45, 2.75) is 31.1 Å². The van der Waals surface area contributed by atoms with Gasteiger partial charge in [-0.1, -0.05) is 42.5 Å². The van der Waals surface area contributed by atoms with E-state index in [-0.39, 0.29) is 23.7 Å². The number of carbonyl (C=O) groups excluding carboxylic acids is 1. The molecule has 0 saturated carbocycles. The Balaban J connectivity index is 1.60. The van der Waals surface area contributed by atoms with Gasteiger partial charge in [-0.2, -0.15) is 0 Å². The van der Waals surface area contributed by atoms with Crippen LogP contribution in [0.3, 0.4) is 0 Å². The molecule has 2 aromatic carbocycles. The van der Waals surface area contributed by atoms with E-state index >= 15 is 0 Å². The number of amides is 2. The molecule has 2 aliphatic heterocycles. The zero-order valence-electron chi connectivity index (χ0n) is 15.6. The SMILES string of the molecule is CCOC1[C@@H]2CSC(c3ccc(OC)cc3)N2C(=O)N1Cc1ccccc1. The van der Waals surface area contributed by atoms with Gasteiger partial charge in [0.1, 0.15) is 11.1 Å². The maximum atomic E-state index is 13.3. The van der Waals surface area contributed by atoms with Crippen LogP contribution in [0.15, 0.2) is 54.6 Å². The molecule has 27 heavy (non-hydrogen) atoms. The Morgan fingerprint density at radius 2 is 1.85 bits per heavy atom. The highest BCUT2D eigenvalue weighted by Crippen LogP contribution is 2.47. The largest absolute Gasteiger partial charge is 0.497 e. The summed E-state index contributed by atoms with van der Waals surface area (Å²) >= 11 is 1.80. The summed E-state index contributed by atoms with van der Waals surface area (Å²) in [5.74, 6) is 1.70. The third kappa shape index (κ3) is 3.39. The van der Waals surface area contributed by atoms with Gasteiger partial charge in [-0.05, 0) is 30.2 Å². The summed E-state index contributed by atoms with van der Waals surface area (Å²) in [5, 5.41) is 0.0112. The lowest BCUT2D eigenvalue weighted by molar-refractivity contribution is -0.0314. The predicted octanol–water partition coefficient (Wildman–Crippen LogP) is 4.11. The molecule has 0 aromatic heterocycles. The second kappa shape index (κ2) is 7.82. The van der Waals surface area contributed by atoms with Crippen molar-refractivity contribution in [1.29, 1.82) is 0 Å². The second-order valence-electron chi connectivity index (χ2n) is 6.68. The molecule has 2 heterocycles. The number of methoxy groups -OCH3 is 1. The number of benzene rings is 2. The Hall–Kier alpha value is -2.18. The van der Waals surface area contributed by atoms with Crippen molar-refractivity contribution in [3.05, 3.63) is 65.7 Å². The van der Waals surface area contributed by atoms with Crippen LogP contribution in [0.2, 0.25) is 0 Å². The van der Waals surface area contributed by atoms with Gasteiger partial charge < -0.3 is 14.4 Å². The summed E-state index contributed by atoms with van der Waals surface area (Å²) < 4.78 is 11.3. The maximum Gasteiger partial charge on any atom is 0.324 e. The topological polar surface area (TPSA) is 42.0 Å². The van der Waals surface area contributed by atoms with E-state index < -0.39 is 0 Å². The first-order valence-electron chi connectivity index (χ1n) is 9.23. The van der Waals surface area contributed by atoms with Crippen molar-refractivity contribution < 1.29 is 14.3 Å². The summed E-state index contributed by atoms with van der Waals surface area (Å²) in [6.45, 7) is 3.14. The van der Waals surface area contributed by atoms with Gasteiger partial charge in [0.05, 0.1) is 19.7 Å². The van der Waals surface area contributed by atoms with Crippen LogP contribution in [-0.4, -0.2) is 47.6 Å². The van der Waals surface area contributed by atoms with Crippen LogP contribution in [0, 0.1) is 0 Å². The van der Waals surface area contributed by atoms with Crippen molar-refractivity contribution >= 4 is 17.8 Å². The lowest BCUT2D eigenvalue weighted by Gasteiger charge is -2.25. The fraction of sp³-hybridized carbons (Fsp3) is 0.381. The summed E-state index contributed by atoms with van der Waals surface area (Å²) in [6.07, 6.45) is -0.210. The Morgan fingerprint density at radius 1 is 1.11 bits per heavy atom. The van der Waals surface area contributed by atoms with Gasteiger partial charge in [-0.25, -0.2) is 4.79 Å². The van der Waals surface area contributed by atoms with E-state index in [9.17, 15) is 4.79 Å². The van der Waals surface area contributed by atoms with Gasteiger partial charge in [-0.3, -0.25) is 4.90 Å². The lowest BCUT2D eigenvalue weighted by atomic mass is 10.2. The predicted molar refractivity (Wildman–Crippen MR) is 107 cm³/mol. The summed E-state index contributed by atoms with van der Waals surface area (Å²) in [4.78, 5) is 17.2. The monoisotopic (exact) mass is 384 g/mol. The third-order valence-electron chi connectivity index (χ3n) is 5.07. The zero-order valence-corrected chi connectivity index (χ0v) is 16.4. The highest BCUT2D eigenvalue weighted by Gasteiger charge is 2.53. The molecule has 0 aliphatic carbocycles. The first-order valence-corrected chi connectivity index (χ1v) is 10.3. The highest BCUT2D eigenvalue weighted by molar-refractivity contribution is 7.99. The molecule has 5 nitrogen and oxygen atoms in total. The number of hydrogen-bond acceptors (Lipinski definition) is 4. The normalized spacial score (nSPS) is 24.4. The van der Waals surface area contributed by atoms with E-state index in [0.717, 1.165) is 22.6 Å². The van der Waals surface area contributed by atoms with Crippen LogP contribution >= 0.6 is 11.8 Å². The first-order chi connectivity index (χ1) is 13.2. The maximum absolute atomic E-state index is 13.3. The summed E-state index contributed by atoms with van der Waals surface area (Å²) in [6, 6.07) is 18.2. The molecule has 4 rings (SSSR count). The molecule has 142 valence electrons. The van der Waals surface area contributed by atoms with E-state index in [4.69, 9.17) is 9.47 Å². The average molecular weight is 385 g/mol. The fourth-order valence-electron chi connectivity index (χ4n) is 3.79. The van der Waals surface area contributed by atoms with Crippen LogP contribution in [0.1, 0.15) is 23.4 Å². The van der Waals surface area contributed by atoms with Crippen molar-refractivity contribution in [2.75, 3.05) is 19.5 Å². The third-order valence-corrected chi connectivity index (χ3v) is 6.42. The smallest absolute Gasteiger partial charge is 0.324 e. The fourth-order valence-corrected chi connectivity index (χ4v) is 5.25. The Bertz CT molecular complexity index is 784. The Morgan fingerprint density at radius 3 is 2.52 bits per heavy atom. The molecule has 0 spiro atoms. The quantitative estimate of drug-likeness (QED) is 0.752. The highest BCUT2D eigenvalue weighted by atomic mass is 32.2. The molecule has 0 N–H and O–H groups in total. The number of urea groups is 1. The molecule has 2 saturated heterocycles. The zero-order chi connectivity index (χ0) is 18.8. The van der Waals surface area contributed by atoms with Gasteiger partial charge in [0.2, 0.25) is 0 Å². The molecule has 0 radical (unpaired) electrons. The van der Waals surface area contributed by atoms with Crippen LogP contribution in [-0.2, 0) is 11.3 Å². The van der Waals surface area contributed by atoms with Crippen LogP contribution in [0.4, 0.5) is 4.79 Å². The van der Waals surface area contributed by atoms with Crippen LogP contribution in [0.25, 0.3) is 0 Å². The standard InChI is InChI=1S/C21H24N2O3S/c1-3-26-19-18-14-27-20(16-9-11-17(25-2)12-10-16)23(18)21(24)22(19)13-15-7-5-4-6-8-15/h4-12,18-20H,3,13-14H2,1-2H3/t18-,19?,20?/m0/s1. The van der Waals surface area contributed by atoms with E-state index in [1.165, 1.54) is 0 Å². The minimum atomic E-state index is -0.210. The van der Waals surface area contributed by atoms with Crippen molar-refractivity contribution in [2.24, 2.45) is 0 Å². The Labute approximate surface area is 164 Å². The van der Waals surface area contributed by atoms with E-state index in [1.54, 1.807) is 18.9 Å². The molecule has 2 amide bonds. The second-order valence-corrected chi connectivity index (χ2v) is 7.79. The minimum absolute atomic E-state index is 0.0112. The summed E-state index contributed by atoms with van der Waals surface area (Å²) in [5.41, 5.74) is 2.24. The number of carbonyl (C=O) groups is 1. The van der Waals surface area contributed by atoms with Crippen molar-refractivity contribution in [3.8, 4) is 5.75 Å². The number of hydrogen-bond donors (Lipinski definition) is 0. The number of nitrogens with zero attached hydrogens (tertiary/aromatic N) is 2. The number of rotatable bonds is 6. The van der Waals surface area contributed by atoms with Gasteiger partial charge in [-0.15, -0.1) is 11.8 Å². The molecule has 6 heteroatoms. The van der Waals surface area contributed by atoms with Gasteiger partial charge >= 0.3 is 6.03 Å². The van der Waals surface area contributed by atoms with Crippen LogP contribution in [0.5, 0.6) is 5.75 Å². The lowest BCUT2D eigenvalue weighted by Crippen LogP contribution is -2.39. The molecule has 3 atom stereocenters. The summed E-state index contributed by atoms with van der Waals surface area (Å²) in [7, 11) is 1.66. The molecule has 2 fully saturated rings. The van der Waals surface area contributed by atoms with Gasteiger partial charge in [0, 0.05) is 12.4 Å². The van der Waals surface area contributed by atoms with Crippen molar-refractivity contribution in [1.82, 2.24) is 9.80 Å².